The first-order chi connectivity index (χ1) is 14.4. The van der Waals surface area contributed by atoms with Crippen LogP contribution in [0, 0.1) is 13.8 Å². The third-order valence-corrected chi connectivity index (χ3v) is 4.53. The summed E-state index contributed by atoms with van der Waals surface area (Å²) in [4.78, 5) is 14.6. The van der Waals surface area contributed by atoms with Gasteiger partial charge in [-0.2, -0.15) is 5.10 Å². The van der Waals surface area contributed by atoms with Crippen LogP contribution in [-0.2, 0) is 11.3 Å². The Balaban J connectivity index is 1.59. The number of hydrogen-bond donors (Lipinski definition) is 1. The zero-order valence-corrected chi connectivity index (χ0v) is 17.8. The highest BCUT2D eigenvalue weighted by Crippen LogP contribution is 2.18. The molecular weight excluding hydrogens is 376 g/mol. The van der Waals surface area contributed by atoms with Crippen molar-refractivity contribution in [3.63, 3.8) is 0 Å². The van der Waals surface area contributed by atoms with Crippen LogP contribution >= 0.6 is 0 Å². The topological polar surface area (TPSA) is 59.4 Å². The molecule has 0 saturated heterocycles. The van der Waals surface area contributed by atoms with Gasteiger partial charge in [0.15, 0.2) is 0 Å². The highest BCUT2D eigenvalue weighted by Gasteiger charge is 2.13. The summed E-state index contributed by atoms with van der Waals surface area (Å²) in [5.74, 6) is 1.38. The fourth-order valence-electron chi connectivity index (χ4n) is 3.11. The smallest absolute Gasteiger partial charge is 0.239 e. The normalized spacial score (nSPS) is 10.8. The van der Waals surface area contributed by atoms with E-state index in [0.29, 0.717) is 19.0 Å². The molecule has 0 fully saturated rings. The number of hydrogen-bond acceptors (Lipinski definition) is 4. The van der Waals surface area contributed by atoms with E-state index in [1.54, 1.807) is 10.8 Å². The lowest BCUT2D eigenvalue weighted by molar-refractivity contribution is -0.117. The third kappa shape index (κ3) is 5.81. The van der Waals surface area contributed by atoms with Gasteiger partial charge in [-0.25, -0.2) is 4.68 Å². The van der Waals surface area contributed by atoms with Crippen LogP contribution in [0.4, 0.5) is 5.82 Å². The van der Waals surface area contributed by atoms with Crippen molar-refractivity contribution in [3.05, 3.63) is 84.1 Å². The fourth-order valence-corrected chi connectivity index (χ4v) is 3.11. The summed E-state index contributed by atoms with van der Waals surface area (Å²) in [5.41, 5.74) is 4.04. The molecule has 0 atom stereocenters. The summed E-state index contributed by atoms with van der Waals surface area (Å²) >= 11 is 0. The number of benzene rings is 2. The Morgan fingerprint density at radius 3 is 2.53 bits per heavy atom. The summed E-state index contributed by atoms with van der Waals surface area (Å²) in [6.07, 6.45) is 1.71. The van der Waals surface area contributed by atoms with E-state index < -0.39 is 0 Å². The highest BCUT2D eigenvalue weighted by molar-refractivity contribution is 5.91. The first kappa shape index (κ1) is 21.3. The number of carbonyl (C=O) groups is 1. The minimum atomic E-state index is -0.0864. The average Bonchev–Trinajstić information content (AvgIpc) is 3.07. The van der Waals surface area contributed by atoms with Gasteiger partial charge in [-0.3, -0.25) is 9.69 Å². The van der Waals surface area contributed by atoms with Crippen LogP contribution in [0.1, 0.15) is 16.8 Å². The van der Waals surface area contributed by atoms with Crippen LogP contribution in [0.3, 0.4) is 0 Å². The molecule has 6 nitrogen and oxygen atoms in total. The maximum Gasteiger partial charge on any atom is 0.239 e. The second-order valence-electron chi connectivity index (χ2n) is 7.38. The second-order valence-corrected chi connectivity index (χ2v) is 7.38. The van der Waals surface area contributed by atoms with Crippen molar-refractivity contribution in [1.29, 1.82) is 0 Å². The Bertz CT molecular complexity index is 991. The molecule has 30 heavy (non-hydrogen) atoms. The maximum atomic E-state index is 12.6. The molecule has 1 heterocycles. The lowest BCUT2D eigenvalue weighted by Crippen LogP contribution is -2.30. The summed E-state index contributed by atoms with van der Waals surface area (Å²) in [6, 6.07) is 17.8. The van der Waals surface area contributed by atoms with Gasteiger partial charge in [-0.1, -0.05) is 42.5 Å². The SMILES string of the molecule is C=CCOc1ccc(CN(C)CC(=O)Nc2cc(C)nn2-c2ccc(C)cc2)cc1. The monoisotopic (exact) mass is 404 g/mol. The minimum absolute atomic E-state index is 0.0864. The Morgan fingerprint density at radius 1 is 1.17 bits per heavy atom. The number of aryl methyl sites for hydroxylation is 2. The Kier molecular flexibility index (Phi) is 7.03. The van der Waals surface area contributed by atoms with E-state index in [-0.39, 0.29) is 12.5 Å². The number of aromatic nitrogens is 2. The van der Waals surface area contributed by atoms with Crippen LogP contribution < -0.4 is 10.1 Å². The maximum absolute atomic E-state index is 12.6. The van der Waals surface area contributed by atoms with E-state index in [2.05, 4.69) is 17.0 Å². The molecule has 2 aromatic carbocycles. The van der Waals surface area contributed by atoms with E-state index in [1.807, 2.05) is 80.4 Å². The van der Waals surface area contributed by atoms with Gasteiger partial charge in [0.1, 0.15) is 18.2 Å². The molecule has 0 radical (unpaired) electrons. The van der Waals surface area contributed by atoms with Gasteiger partial charge < -0.3 is 10.1 Å². The molecule has 156 valence electrons. The van der Waals surface area contributed by atoms with Crippen molar-refractivity contribution in [2.45, 2.75) is 20.4 Å². The molecular formula is C24H28N4O2. The molecule has 1 aromatic heterocycles. The van der Waals surface area contributed by atoms with E-state index in [1.165, 1.54) is 5.56 Å². The zero-order valence-electron chi connectivity index (χ0n) is 17.8. The number of likely N-dealkylation sites (N-methyl/N-ethyl adjacent to an activating group) is 1. The molecule has 0 aliphatic carbocycles. The predicted molar refractivity (Wildman–Crippen MR) is 120 cm³/mol. The molecule has 0 aliphatic rings. The lowest BCUT2D eigenvalue weighted by atomic mass is 10.2. The van der Waals surface area contributed by atoms with E-state index in [9.17, 15) is 4.79 Å². The standard InChI is InChI=1S/C24H28N4O2/c1-5-14-30-22-12-8-20(9-13-22)16-27(4)17-24(29)25-23-15-19(3)26-28(23)21-10-6-18(2)7-11-21/h5-13,15H,1,14,16-17H2,2-4H3,(H,25,29). The molecule has 0 aliphatic heterocycles. The average molecular weight is 405 g/mol. The number of nitrogens with zero attached hydrogens (tertiary/aromatic N) is 3. The summed E-state index contributed by atoms with van der Waals surface area (Å²) in [6.45, 7) is 9.01. The minimum Gasteiger partial charge on any atom is -0.490 e. The molecule has 1 N–H and O–H groups in total. The van der Waals surface area contributed by atoms with Crippen molar-refractivity contribution in [2.24, 2.45) is 0 Å². The lowest BCUT2D eigenvalue weighted by Gasteiger charge is -2.17. The Hall–Kier alpha value is -3.38. The van der Waals surface area contributed by atoms with E-state index in [0.717, 1.165) is 22.7 Å². The summed E-state index contributed by atoms with van der Waals surface area (Å²) in [5, 5.41) is 7.49. The number of ether oxygens (including phenoxy) is 1. The van der Waals surface area contributed by atoms with Crippen molar-refractivity contribution in [3.8, 4) is 11.4 Å². The van der Waals surface area contributed by atoms with Gasteiger partial charge in [0, 0.05) is 12.6 Å². The summed E-state index contributed by atoms with van der Waals surface area (Å²) < 4.78 is 7.26. The fraction of sp³-hybridized carbons (Fsp3) is 0.250. The molecule has 0 unspecified atom stereocenters. The molecule has 0 saturated carbocycles. The van der Waals surface area contributed by atoms with Crippen LogP contribution in [0.5, 0.6) is 5.75 Å². The Labute approximate surface area is 177 Å². The number of rotatable bonds is 9. The third-order valence-electron chi connectivity index (χ3n) is 4.53. The van der Waals surface area contributed by atoms with Gasteiger partial charge in [-0.15, -0.1) is 0 Å². The zero-order chi connectivity index (χ0) is 21.5. The second kappa shape index (κ2) is 9.89. The predicted octanol–water partition coefficient (Wildman–Crippen LogP) is 4.12. The van der Waals surface area contributed by atoms with E-state index >= 15 is 0 Å². The number of anilines is 1. The molecule has 3 rings (SSSR count). The first-order valence-corrected chi connectivity index (χ1v) is 9.89. The van der Waals surface area contributed by atoms with Crippen LogP contribution in [-0.4, -0.2) is 40.8 Å². The first-order valence-electron chi connectivity index (χ1n) is 9.89. The number of carbonyl (C=O) groups excluding carboxylic acids is 1. The van der Waals surface area contributed by atoms with Gasteiger partial charge in [0.2, 0.25) is 5.91 Å². The van der Waals surface area contributed by atoms with Crippen LogP contribution in [0.2, 0.25) is 0 Å². The van der Waals surface area contributed by atoms with Gasteiger partial charge in [0.05, 0.1) is 17.9 Å². The van der Waals surface area contributed by atoms with E-state index in [4.69, 9.17) is 4.74 Å². The molecule has 3 aromatic rings. The number of nitrogens with one attached hydrogen (secondary N) is 1. The van der Waals surface area contributed by atoms with Crippen molar-refractivity contribution in [1.82, 2.24) is 14.7 Å². The summed E-state index contributed by atoms with van der Waals surface area (Å²) in [7, 11) is 1.92. The van der Waals surface area contributed by atoms with Gasteiger partial charge >= 0.3 is 0 Å². The quantitative estimate of drug-likeness (QED) is 0.545. The van der Waals surface area contributed by atoms with Crippen LogP contribution in [0.25, 0.3) is 5.69 Å². The molecule has 6 heteroatoms. The molecule has 0 bridgehead atoms. The van der Waals surface area contributed by atoms with Crippen LogP contribution in [0.15, 0.2) is 67.3 Å². The van der Waals surface area contributed by atoms with Crippen molar-refractivity contribution < 1.29 is 9.53 Å². The van der Waals surface area contributed by atoms with Gasteiger partial charge in [-0.05, 0) is 50.7 Å². The highest BCUT2D eigenvalue weighted by atomic mass is 16.5. The largest absolute Gasteiger partial charge is 0.490 e. The van der Waals surface area contributed by atoms with Crippen molar-refractivity contribution >= 4 is 11.7 Å². The number of amides is 1. The molecule has 1 amide bonds. The van der Waals surface area contributed by atoms with Crippen molar-refractivity contribution in [2.75, 3.05) is 25.5 Å². The van der Waals surface area contributed by atoms with Gasteiger partial charge in [0.25, 0.3) is 0 Å². The Morgan fingerprint density at radius 2 is 1.87 bits per heavy atom. The molecule has 0 spiro atoms.